The van der Waals surface area contributed by atoms with E-state index < -0.39 is 0 Å². The fourth-order valence-electron chi connectivity index (χ4n) is 2.47. The molecule has 0 radical (unpaired) electrons. The van der Waals surface area contributed by atoms with Crippen molar-refractivity contribution in [2.45, 2.75) is 53.0 Å². The first-order chi connectivity index (χ1) is 9.08. The first kappa shape index (κ1) is 16.0. The number of methoxy groups -OCH3 is 1. The number of benzene rings is 1. The fraction of sp³-hybridized carbons (Fsp3) is 0.647. The van der Waals surface area contributed by atoms with Crippen LogP contribution in [0.2, 0.25) is 0 Å². The Morgan fingerprint density at radius 1 is 1.21 bits per heavy atom. The summed E-state index contributed by atoms with van der Waals surface area (Å²) in [6.07, 6.45) is 3.72. The zero-order valence-electron chi connectivity index (χ0n) is 13.1. The van der Waals surface area contributed by atoms with E-state index in [4.69, 9.17) is 4.74 Å². The summed E-state index contributed by atoms with van der Waals surface area (Å²) in [5.41, 5.74) is 2.59. The lowest BCUT2D eigenvalue weighted by atomic mass is 9.96. The molecule has 0 aliphatic heterocycles. The zero-order valence-corrected chi connectivity index (χ0v) is 13.1. The lowest BCUT2D eigenvalue weighted by Crippen LogP contribution is -2.21. The third-order valence-electron chi connectivity index (χ3n) is 3.49. The molecule has 0 saturated carbocycles. The van der Waals surface area contributed by atoms with Gasteiger partial charge in [-0.05, 0) is 31.9 Å². The van der Waals surface area contributed by atoms with E-state index in [0.717, 1.165) is 18.2 Å². The highest BCUT2D eigenvalue weighted by molar-refractivity contribution is 5.39. The molecule has 0 aliphatic rings. The van der Waals surface area contributed by atoms with Gasteiger partial charge in [-0.25, -0.2) is 0 Å². The van der Waals surface area contributed by atoms with Crippen LogP contribution >= 0.6 is 0 Å². The molecular formula is C17H29NO. The highest BCUT2D eigenvalue weighted by Gasteiger charge is 2.15. The van der Waals surface area contributed by atoms with E-state index in [9.17, 15) is 0 Å². The number of rotatable bonds is 8. The summed E-state index contributed by atoms with van der Waals surface area (Å²) >= 11 is 0. The Morgan fingerprint density at radius 2 is 1.95 bits per heavy atom. The number of aryl methyl sites for hydroxylation is 1. The van der Waals surface area contributed by atoms with Crippen molar-refractivity contribution in [1.29, 1.82) is 0 Å². The first-order valence-corrected chi connectivity index (χ1v) is 7.46. The second-order valence-corrected chi connectivity index (χ2v) is 5.68. The molecule has 1 unspecified atom stereocenters. The van der Waals surface area contributed by atoms with Crippen LogP contribution in [0.5, 0.6) is 5.75 Å². The van der Waals surface area contributed by atoms with Gasteiger partial charge in [0.15, 0.2) is 0 Å². The third kappa shape index (κ3) is 5.23. The molecule has 0 amide bonds. The van der Waals surface area contributed by atoms with E-state index >= 15 is 0 Å². The van der Waals surface area contributed by atoms with Crippen molar-refractivity contribution in [2.75, 3.05) is 13.7 Å². The summed E-state index contributed by atoms with van der Waals surface area (Å²) in [5.74, 6) is 1.78. The lowest BCUT2D eigenvalue weighted by molar-refractivity contribution is 0.390. The van der Waals surface area contributed by atoms with Crippen LogP contribution in [0.4, 0.5) is 0 Å². The van der Waals surface area contributed by atoms with Crippen LogP contribution in [-0.4, -0.2) is 13.7 Å². The summed E-state index contributed by atoms with van der Waals surface area (Å²) in [4.78, 5) is 0. The smallest absolute Gasteiger partial charge is 0.123 e. The van der Waals surface area contributed by atoms with Crippen LogP contribution in [-0.2, 0) is 0 Å². The van der Waals surface area contributed by atoms with Gasteiger partial charge in [-0.2, -0.15) is 0 Å². The first-order valence-electron chi connectivity index (χ1n) is 7.46. The molecule has 2 heteroatoms. The van der Waals surface area contributed by atoms with Crippen molar-refractivity contribution in [3.63, 3.8) is 0 Å². The van der Waals surface area contributed by atoms with Gasteiger partial charge in [0.05, 0.1) is 7.11 Å². The molecule has 1 aromatic rings. The Hall–Kier alpha value is -1.02. The van der Waals surface area contributed by atoms with Crippen molar-refractivity contribution < 1.29 is 4.74 Å². The van der Waals surface area contributed by atoms with Crippen molar-refractivity contribution >= 4 is 0 Å². The molecule has 0 aliphatic carbocycles. The Bertz CT molecular complexity index is 374. The van der Waals surface area contributed by atoms with E-state index in [1.807, 2.05) is 0 Å². The van der Waals surface area contributed by atoms with Crippen molar-refractivity contribution in [3.8, 4) is 5.75 Å². The molecule has 0 spiro atoms. The van der Waals surface area contributed by atoms with E-state index in [1.54, 1.807) is 7.11 Å². The van der Waals surface area contributed by atoms with Gasteiger partial charge in [0.25, 0.3) is 0 Å². The average molecular weight is 263 g/mol. The van der Waals surface area contributed by atoms with Crippen LogP contribution < -0.4 is 10.1 Å². The molecule has 2 nitrogen and oxygen atoms in total. The van der Waals surface area contributed by atoms with Gasteiger partial charge >= 0.3 is 0 Å². The molecule has 1 N–H and O–H groups in total. The standard InChI is InChI=1S/C17H29NO/c1-6-18-16(9-7-8-13(2)3)15-12-14(4)10-11-17(15)19-5/h10-13,16,18H,6-9H2,1-5H3. The average Bonchev–Trinajstić information content (AvgIpc) is 2.37. The van der Waals surface area contributed by atoms with Gasteiger partial charge in [0.1, 0.15) is 5.75 Å². The van der Waals surface area contributed by atoms with Gasteiger partial charge in [-0.15, -0.1) is 0 Å². The maximum Gasteiger partial charge on any atom is 0.123 e. The number of ether oxygens (including phenoxy) is 1. The predicted octanol–water partition coefficient (Wildman–Crippen LogP) is 4.48. The van der Waals surface area contributed by atoms with Crippen molar-refractivity contribution in [2.24, 2.45) is 5.92 Å². The van der Waals surface area contributed by atoms with Crippen molar-refractivity contribution in [3.05, 3.63) is 29.3 Å². The summed E-state index contributed by atoms with van der Waals surface area (Å²) in [7, 11) is 1.76. The van der Waals surface area contributed by atoms with Gasteiger partial charge in [0, 0.05) is 11.6 Å². The Morgan fingerprint density at radius 3 is 2.53 bits per heavy atom. The molecule has 108 valence electrons. The molecule has 0 bridgehead atoms. The fourth-order valence-corrected chi connectivity index (χ4v) is 2.47. The minimum absolute atomic E-state index is 0.401. The van der Waals surface area contributed by atoms with E-state index in [1.165, 1.54) is 30.4 Å². The number of nitrogens with one attached hydrogen (secondary N) is 1. The van der Waals surface area contributed by atoms with E-state index in [2.05, 4.69) is 51.2 Å². The topological polar surface area (TPSA) is 21.3 Å². The maximum atomic E-state index is 5.52. The van der Waals surface area contributed by atoms with Crippen LogP contribution in [0.1, 0.15) is 57.2 Å². The summed E-state index contributed by atoms with van der Waals surface area (Å²) in [6, 6.07) is 6.84. The molecular weight excluding hydrogens is 234 g/mol. The number of hydrogen-bond donors (Lipinski definition) is 1. The van der Waals surface area contributed by atoms with Crippen LogP contribution in [0.25, 0.3) is 0 Å². The van der Waals surface area contributed by atoms with Gasteiger partial charge in [-0.1, -0.05) is 51.3 Å². The normalized spacial score (nSPS) is 12.7. The molecule has 1 aromatic carbocycles. The molecule has 0 saturated heterocycles. The largest absolute Gasteiger partial charge is 0.496 e. The van der Waals surface area contributed by atoms with Gasteiger partial charge in [0.2, 0.25) is 0 Å². The van der Waals surface area contributed by atoms with E-state index in [0.29, 0.717) is 6.04 Å². The second-order valence-electron chi connectivity index (χ2n) is 5.68. The molecule has 1 atom stereocenters. The summed E-state index contributed by atoms with van der Waals surface area (Å²) in [5, 5.41) is 3.59. The zero-order chi connectivity index (χ0) is 14.3. The monoisotopic (exact) mass is 263 g/mol. The molecule has 0 heterocycles. The molecule has 0 aromatic heterocycles. The van der Waals surface area contributed by atoms with Gasteiger partial charge in [-0.3, -0.25) is 0 Å². The molecule has 19 heavy (non-hydrogen) atoms. The Balaban J connectivity index is 2.81. The van der Waals surface area contributed by atoms with E-state index in [-0.39, 0.29) is 0 Å². The predicted molar refractivity (Wildman–Crippen MR) is 82.8 cm³/mol. The highest BCUT2D eigenvalue weighted by atomic mass is 16.5. The minimum Gasteiger partial charge on any atom is -0.496 e. The maximum absolute atomic E-state index is 5.52. The Labute approximate surface area is 118 Å². The molecule has 1 rings (SSSR count). The number of hydrogen-bond acceptors (Lipinski definition) is 2. The Kier molecular flexibility index (Phi) is 6.93. The van der Waals surface area contributed by atoms with Crippen LogP contribution in [0.15, 0.2) is 18.2 Å². The summed E-state index contributed by atoms with van der Waals surface area (Å²) in [6.45, 7) is 9.87. The van der Waals surface area contributed by atoms with Crippen LogP contribution in [0.3, 0.4) is 0 Å². The van der Waals surface area contributed by atoms with Gasteiger partial charge < -0.3 is 10.1 Å². The lowest BCUT2D eigenvalue weighted by Gasteiger charge is -2.21. The third-order valence-corrected chi connectivity index (χ3v) is 3.49. The van der Waals surface area contributed by atoms with Crippen molar-refractivity contribution in [1.82, 2.24) is 5.32 Å². The molecule has 0 fully saturated rings. The summed E-state index contributed by atoms with van der Waals surface area (Å²) < 4.78 is 5.52. The quantitative estimate of drug-likeness (QED) is 0.746. The second kappa shape index (κ2) is 8.21. The minimum atomic E-state index is 0.401. The van der Waals surface area contributed by atoms with Crippen LogP contribution in [0, 0.1) is 12.8 Å². The SMILES string of the molecule is CCNC(CCCC(C)C)c1cc(C)ccc1OC. The highest BCUT2D eigenvalue weighted by Crippen LogP contribution is 2.29.